The van der Waals surface area contributed by atoms with Gasteiger partial charge in [0.2, 0.25) is 5.91 Å². The van der Waals surface area contributed by atoms with Crippen molar-refractivity contribution in [1.82, 2.24) is 5.32 Å². The molecule has 0 aromatic heterocycles. The van der Waals surface area contributed by atoms with Crippen molar-refractivity contribution in [2.75, 3.05) is 18.6 Å². The molecule has 0 aliphatic rings. The van der Waals surface area contributed by atoms with Crippen LogP contribution in [0.5, 0.6) is 0 Å². The molecule has 1 rings (SSSR count). The van der Waals surface area contributed by atoms with Gasteiger partial charge in [-0.1, -0.05) is 37.3 Å². The van der Waals surface area contributed by atoms with Gasteiger partial charge in [0.05, 0.1) is 0 Å². The van der Waals surface area contributed by atoms with Crippen LogP contribution in [0.1, 0.15) is 31.7 Å². The Labute approximate surface area is 130 Å². The van der Waals surface area contributed by atoms with E-state index >= 15 is 0 Å². The first kappa shape index (κ1) is 17.6. The summed E-state index contributed by atoms with van der Waals surface area (Å²) in [4.78, 5) is 23.6. The Kier molecular flexibility index (Phi) is 7.29. The van der Waals surface area contributed by atoms with Gasteiger partial charge in [-0.2, -0.15) is 11.8 Å². The summed E-state index contributed by atoms with van der Waals surface area (Å²) >= 11 is 1.70. The maximum absolute atomic E-state index is 11.8. The average Bonchev–Trinajstić information content (AvgIpc) is 2.49. The first-order valence-electron chi connectivity index (χ1n) is 7.11. The van der Waals surface area contributed by atoms with Gasteiger partial charge >= 0.3 is 5.97 Å². The Morgan fingerprint density at radius 2 is 1.95 bits per heavy atom. The number of benzene rings is 1. The largest absolute Gasteiger partial charge is 0.481 e. The summed E-state index contributed by atoms with van der Waals surface area (Å²) in [7, 11) is 0. The number of thioether (sulfide) groups is 1. The molecule has 1 aromatic rings. The number of rotatable bonds is 9. The fourth-order valence-electron chi connectivity index (χ4n) is 2.25. The zero-order valence-electron chi connectivity index (χ0n) is 12.6. The molecule has 1 atom stereocenters. The van der Waals surface area contributed by atoms with Gasteiger partial charge in [-0.25, -0.2) is 0 Å². The van der Waals surface area contributed by atoms with Crippen molar-refractivity contribution in [3.63, 3.8) is 0 Å². The Hall–Kier alpha value is -1.49. The molecule has 0 fully saturated rings. The van der Waals surface area contributed by atoms with E-state index in [1.165, 1.54) is 0 Å². The molecule has 5 heteroatoms. The lowest BCUT2D eigenvalue weighted by atomic mass is 9.78. The van der Waals surface area contributed by atoms with E-state index in [2.05, 4.69) is 5.32 Å². The van der Waals surface area contributed by atoms with Gasteiger partial charge in [0.1, 0.15) is 5.41 Å². The highest BCUT2D eigenvalue weighted by atomic mass is 32.2. The predicted octanol–water partition coefficient (Wildman–Crippen LogP) is 2.68. The highest BCUT2D eigenvalue weighted by Gasteiger charge is 2.38. The van der Waals surface area contributed by atoms with Gasteiger partial charge < -0.3 is 10.4 Å². The van der Waals surface area contributed by atoms with E-state index in [9.17, 15) is 14.7 Å². The number of hydrogen-bond donors (Lipinski definition) is 2. The number of hydrogen-bond acceptors (Lipinski definition) is 3. The van der Waals surface area contributed by atoms with Gasteiger partial charge in [-0.15, -0.1) is 0 Å². The lowest BCUT2D eigenvalue weighted by Crippen LogP contribution is -2.46. The molecule has 21 heavy (non-hydrogen) atoms. The monoisotopic (exact) mass is 309 g/mol. The lowest BCUT2D eigenvalue weighted by Gasteiger charge is -2.29. The maximum Gasteiger partial charge on any atom is 0.315 e. The molecular weight excluding hydrogens is 286 g/mol. The van der Waals surface area contributed by atoms with E-state index in [0.717, 1.165) is 17.7 Å². The molecule has 0 bridgehead atoms. The van der Waals surface area contributed by atoms with Crippen molar-refractivity contribution < 1.29 is 14.7 Å². The smallest absolute Gasteiger partial charge is 0.315 e. The van der Waals surface area contributed by atoms with Crippen LogP contribution in [0.2, 0.25) is 0 Å². The van der Waals surface area contributed by atoms with Crippen LogP contribution in [0.15, 0.2) is 30.3 Å². The van der Waals surface area contributed by atoms with E-state index in [-0.39, 0.29) is 12.5 Å². The standard InChI is InChI=1S/C16H23NO3S/c1-3-16(15(19)20,13-8-5-4-6-9-13)12-17-14(18)10-7-11-21-2/h4-6,8-9H,3,7,10-12H2,1-2H3,(H,17,18)(H,19,20). The molecule has 0 aliphatic carbocycles. The zero-order chi connectivity index (χ0) is 15.7. The second kappa shape index (κ2) is 8.72. The van der Waals surface area contributed by atoms with Crippen molar-refractivity contribution in [2.45, 2.75) is 31.6 Å². The van der Waals surface area contributed by atoms with Crippen LogP contribution in [0.4, 0.5) is 0 Å². The van der Waals surface area contributed by atoms with Crippen LogP contribution in [0, 0.1) is 0 Å². The van der Waals surface area contributed by atoms with Crippen LogP contribution < -0.4 is 5.32 Å². The summed E-state index contributed by atoms with van der Waals surface area (Å²) in [6.07, 6.45) is 3.68. The van der Waals surface area contributed by atoms with E-state index in [1.807, 2.05) is 31.4 Å². The predicted molar refractivity (Wildman–Crippen MR) is 86.7 cm³/mol. The Morgan fingerprint density at radius 1 is 1.29 bits per heavy atom. The van der Waals surface area contributed by atoms with Crippen LogP contribution >= 0.6 is 11.8 Å². The van der Waals surface area contributed by atoms with Crippen LogP contribution in [0.25, 0.3) is 0 Å². The minimum atomic E-state index is -1.06. The third-order valence-corrected chi connectivity index (χ3v) is 4.38. The first-order valence-corrected chi connectivity index (χ1v) is 8.50. The summed E-state index contributed by atoms with van der Waals surface area (Å²) in [5, 5.41) is 12.4. The molecule has 4 nitrogen and oxygen atoms in total. The number of carboxylic acids is 1. The summed E-state index contributed by atoms with van der Waals surface area (Å²) in [5.74, 6) is -0.0519. The molecule has 0 heterocycles. The summed E-state index contributed by atoms with van der Waals surface area (Å²) in [6, 6.07) is 9.10. The van der Waals surface area contributed by atoms with Gasteiger partial charge in [0.25, 0.3) is 0 Å². The fraction of sp³-hybridized carbons (Fsp3) is 0.500. The molecule has 0 saturated carbocycles. The van der Waals surface area contributed by atoms with Crippen molar-refractivity contribution >= 4 is 23.6 Å². The molecule has 0 aliphatic heterocycles. The number of carbonyl (C=O) groups excluding carboxylic acids is 1. The van der Waals surface area contributed by atoms with Gasteiger partial charge in [0.15, 0.2) is 0 Å². The summed E-state index contributed by atoms with van der Waals surface area (Å²) in [6.45, 7) is 1.96. The van der Waals surface area contributed by atoms with Crippen molar-refractivity contribution in [3.8, 4) is 0 Å². The minimum absolute atomic E-state index is 0.0842. The van der Waals surface area contributed by atoms with E-state index in [1.54, 1.807) is 23.9 Å². The number of amides is 1. The van der Waals surface area contributed by atoms with E-state index < -0.39 is 11.4 Å². The zero-order valence-corrected chi connectivity index (χ0v) is 13.4. The number of aliphatic carboxylic acids is 1. The maximum atomic E-state index is 11.8. The molecule has 1 aromatic carbocycles. The number of carboxylic acid groups (broad SMARTS) is 1. The van der Waals surface area contributed by atoms with Crippen molar-refractivity contribution in [1.29, 1.82) is 0 Å². The van der Waals surface area contributed by atoms with Crippen molar-refractivity contribution in [2.24, 2.45) is 0 Å². The summed E-state index contributed by atoms with van der Waals surface area (Å²) < 4.78 is 0. The molecule has 0 spiro atoms. The SMILES string of the molecule is CCC(CNC(=O)CCCSC)(C(=O)O)c1ccccc1. The quantitative estimate of drug-likeness (QED) is 0.688. The van der Waals surface area contributed by atoms with Gasteiger partial charge in [-0.05, 0) is 30.4 Å². The van der Waals surface area contributed by atoms with Crippen LogP contribution in [-0.2, 0) is 15.0 Å². The third-order valence-electron chi connectivity index (χ3n) is 3.68. The van der Waals surface area contributed by atoms with E-state index in [0.29, 0.717) is 12.8 Å². The summed E-state index contributed by atoms with van der Waals surface area (Å²) in [5.41, 5.74) is -0.333. The molecule has 1 amide bonds. The Morgan fingerprint density at radius 3 is 2.48 bits per heavy atom. The highest BCUT2D eigenvalue weighted by Crippen LogP contribution is 2.27. The molecule has 1 unspecified atom stereocenters. The molecule has 116 valence electrons. The van der Waals surface area contributed by atoms with Crippen LogP contribution in [0.3, 0.4) is 0 Å². The highest BCUT2D eigenvalue weighted by molar-refractivity contribution is 7.98. The molecule has 2 N–H and O–H groups in total. The average molecular weight is 309 g/mol. The second-order valence-corrected chi connectivity index (χ2v) is 5.97. The minimum Gasteiger partial charge on any atom is -0.481 e. The van der Waals surface area contributed by atoms with Crippen LogP contribution in [-0.4, -0.2) is 35.5 Å². The third kappa shape index (κ3) is 4.77. The second-order valence-electron chi connectivity index (χ2n) is 4.98. The van der Waals surface area contributed by atoms with E-state index in [4.69, 9.17) is 0 Å². The fourth-order valence-corrected chi connectivity index (χ4v) is 2.69. The number of carbonyl (C=O) groups is 2. The topological polar surface area (TPSA) is 66.4 Å². The molecule has 0 saturated heterocycles. The first-order chi connectivity index (χ1) is 10.1. The van der Waals surface area contributed by atoms with Gasteiger partial charge in [0, 0.05) is 13.0 Å². The molecular formula is C16H23NO3S. The Bertz CT molecular complexity index is 464. The molecule has 0 radical (unpaired) electrons. The Balaban J connectivity index is 2.76. The normalized spacial score (nSPS) is 13.4. The lowest BCUT2D eigenvalue weighted by molar-refractivity contribution is -0.144. The van der Waals surface area contributed by atoms with Gasteiger partial charge in [-0.3, -0.25) is 9.59 Å². The number of nitrogens with one attached hydrogen (secondary N) is 1. The van der Waals surface area contributed by atoms with Crippen molar-refractivity contribution in [3.05, 3.63) is 35.9 Å².